The van der Waals surface area contributed by atoms with Crippen LogP contribution < -0.4 is 15.4 Å². The number of para-hydroxylation sites is 1. The predicted octanol–water partition coefficient (Wildman–Crippen LogP) is 2.08. The molecule has 0 saturated heterocycles. The van der Waals surface area contributed by atoms with E-state index >= 15 is 0 Å². The SMILES string of the molecule is COC(=O)C(CC(C)C)NC(=O)NCc1ccccc1OC. The highest BCUT2D eigenvalue weighted by Crippen LogP contribution is 2.16. The van der Waals surface area contributed by atoms with Gasteiger partial charge in [-0.2, -0.15) is 0 Å². The van der Waals surface area contributed by atoms with Gasteiger partial charge in [0, 0.05) is 12.1 Å². The smallest absolute Gasteiger partial charge is 0.328 e. The van der Waals surface area contributed by atoms with Gasteiger partial charge in [0.2, 0.25) is 0 Å². The first-order chi connectivity index (χ1) is 10.5. The normalized spacial score (nSPS) is 11.7. The zero-order chi connectivity index (χ0) is 16.5. The molecule has 0 saturated carbocycles. The molecule has 1 atom stereocenters. The summed E-state index contributed by atoms with van der Waals surface area (Å²) in [5, 5.41) is 5.36. The number of amides is 2. The van der Waals surface area contributed by atoms with Crippen molar-refractivity contribution in [3.05, 3.63) is 29.8 Å². The number of urea groups is 1. The number of methoxy groups -OCH3 is 2. The number of benzene rings is 1. The monoisotopic (exact) mass is 308 g/mol. The second kappa shape index (κ2) is 8.92. The van der Waals surface area contributed by atoms with Crippen LogP contribution in [0.5, 0.6) is 5.75 Å². The van der Waals surface area contributed by atoms with E-state index in [0.717, 1.165) is 5.56 Å². The Hall–Kier alpha value is -2.24. The van der Waals surface area contributed by atoms with Gasteiger partial charge < -0.3 is 20.1 Å². The number of hydrogen-bond acceptors (Lipinski definition) is 4. The molecule has 1 unspecified atom stereocenters. The lowest BCUT2D eigenvalue weighted by Gasteiger charge is -2.19. The van der Waals surface area contributed by atoms with E-state index in [4.69, 9.17) is 9.47 Å². The van der Waals surface area contributed by atoms with Crippen LogP contribution in [0.2, 0.25) is 0 Å². The highest BCUT2D eigenvalue weighted by atomic mass is 16.5. The molecule has 0 heterocycles. The molecule has 22 heavy (non-hydrogen) atoms. The van der Waals surface area contributed by atoms with Gasteiger partial charge in [0.05, 0.1) is 14.2 Å². The van der Waals surface area contributed by atoms with Crippen LogP contribution in [0, 0.1) is 5.92 Å². The number of ether oxygens (including phenoxy) is 2. The third kappa shape index (κ3) is 5.63. The molecule has 1 aromatic carbocycles. The first-order valence-corrected chi connectivity index (χ1v) is 7.22. The van der Waals surface area contributed by atoms with Gasteiger partial charge in [0.25, 0.3) is 0 Å². The maximum atomic E-state index is 12.0. The fourth-order valence-corrected chi connectivity index (χ4v) is 2.06. The predicted molar refractivity (Wildman–Crippen MR) is 83.6 cm³/mol. The standard InChI is InChI=1S/C16H24N2O4/c1-11(2)9-13(15(19)22-4)18-16(20)17-10-12-7-5-6-8-14(12)21-3/h5-8,11,13H,9-10H2,1-4H3,(H2,17,18,20). The molecule has 2 amide bonds. The average Bonchev–Trinajstić information content (AvgIpc) is 2.51. The van der Waals surface area contributed by atoms with Crippen LogP contribution in [0.4, 0.5) is 4.79 Å². The number of carbonyl (C=O) groups is 2. The van der Waals surface area contributed by atoms with E-state index in [-0.39, 0.29) is 5.92 Å². The van der Waals surface area contributed by atoms with Gasteiger partial charge in [-0.25, -0.2) is 9.59 Å². The quantitative estimate of drug-likeness (QED) is 0.756. The van der Waals surface area contributed by atoms with Crippen LogP contribution in [0.3, 0.4) is 0 Å². The van der Waals surface area contributed by atoms with Gasteiger partial charge in [-0.05, 0) is 18.4 Å². The summed E-state index contributed by atoms with van der Waals surface area (Å²) in [6, 6.07) is 6.35. The molecule has 1 aromatic rings. The van der Waals surface area contributed by atoms with Gasteiger partial charge in [0.15, 0.2) is 0 Å². The average molecular weight is 308 g/mol. The van der Waals surface area contributed by atoms with E-state index in [2.05, 4.69) is 10.6 Å². The van der Waals surface area contributed by atoms with Crippen molar-refractivity contribution in [2.75, 3.05) is 14.2 Å². The van der Waals surface area contributed by atoms with Crippen molar-refractivity contribution in [1.29, 1.82) is 0 Å². The van der Waals surface area contributed by atoms with Crippen molar-refractivity contribution in [1.82, 2.24) is 10.6 Å². The van der Waals surface area contributed by atoms with Gasteiger partial charge in [-0.3, -0.25) is 0 Å². The van der Waals surface area contributed by atoms with Crippen LogP contribution >= 0.6 is 0 Å². The molecule has 0 aliphatic carbocycles. The summed E-state index contributed by atoms with van der Waals surface area (Å²) in [6.07, 6.45) is 0.523. The number of rotatable bonds is 7. The van der Waals surface area contributed by atoms with Crippen molar-refractivity contribution in [2.45, 2.75) is 32.9 Å². The molecule has 0 aliphatic heterocycles. The van der Waals surface area contributed by atoms with Crippen molar-refractivity contribution >= 4 is 12.0 Å². The minimum absolute atomic E-state index is 0.263. The van der Waals surface area contributed by atoms with Crippen molar-refractivity contribution in [3.8, 4) is 5.75 Å². The third-order valence-corrected chi connectivity index (χ3v) is 3.13. The Bertz CT molecular complexity index is 503. The van der Waals surface area contributed by atoms with Crippen molar-refractivity contribution in [3.63, 3.8) is 0 Å². The minimum Gasteiger partial charge on any atom is -0.496 e. The molecule has 0 fully saturated rings. The Morgan fingerprint density at radius 1 is 1.18 bits per heavy atom. The summed E-state index contributed by atoms with van der Waals surface area (Å²) in [4.78, 5) is 23.6. The maximum absolute atomic E-state index is 12.0. The second-order valence-electron chi connectivity index (χ2n) is 5.34. The molecular formula is C16H24N2O4. The van der Waals surface area contributed by atoms with Crippen LogP contribution in [-0.4, -0.2) is 32.3 Å². The Balaban J connectivity index is 2.58. The number of nitrogens with one attached hydrogen (secondary N) is 2. The van der Waals surface area contributed by atoms with Gasteiger partial charge in [-0.15, -0.1) is 0 Å². The fourth-order valence-electron chi connectivity index (χ4n) is 2.06. The molecule has 0 radical (unpaired) electrons. The molecule has 122 valence electrons. The lowest BCUT2D eigenvalue weighted by molar-refractivity contribution is -0.143. The summed E-state index contributed by atoms with van der Waals surface area (Å²) in [6.45, 7) is 4.26. The van der Waals surface area contributed by atoms with E-state index in [1.807, 2.05) is 38.1 Å². The molecule has 6 heteroatoms. The van der Waals surface area contributed by atoms with E-state index in [1.165, 1.54) is 7.11 Å². The minimum atomic E-state index is -0.650. The lowest BCUT2D eigenvalue weighted by Crippen LogP contribution is -2.46. The van der Waals surface area contributed by atoms with Gasteiger partial charge in [-0.1, -0.05) is 32.0 Å². The summed E-state index contributed by atoms with van der Waals surface area (Å²) in [5.74, 6) is 0.522. The first kappa shape index (κ1) is 17.8. The second-order valence-corrected chi connectivity index (χ2v) is 5.34. The molecule has 0 aliphatic rings. The van der Waals surface area contributed by atoms with Crippen LogP contribution in [0.1, 0.15) is 25.8 Å². The largest absolute Gasteiger partial charge is 0.496 e. The Morgan fingerprint density at radius 3 is 2.45 bits per heavy atom. The highest BCUT2D eigenvalue weighted by molar-refractivity contribution is 5.83. The Labute approximate surface area is 131 Å². The topological polar surface area (TPSA) is 76.7 Å². The van der Waals surface area contributed by atoms with Crippen molar-refractivity contribution < 1.29 is 19.1 Å². The maximum Gasteiger partial charge on any atom is 0.328 e. The lowest BCUT2D eigenvalue weighted by atomic mass is 10.0. The molecule has 6 nitrogen and oxygen atoms in total. The number of hydrogen-bond donors (Lipinski definition) is 2. The third-order valence-electron chi connectivity index (χ3n) is 3.13. The van der Waals surface area contributed by atoms with E-state index in [1.54, 1.807) is 7.11 Å². The van der Waals surface area contributed by atoms with Gasteiger partial charge in [0.1, 0.15) is 11.8 Å². The molecule has 0 bridgehead atoms. The van der Waals surface area contributed by atoms with E-state index < -0.39 is 18.0 Å². The Morgan fingerprint density at radius 2 is 1.86 bits per heavy atom. The summed E-state index contributed by atoms with van der Waals surface area (Å²) < 4.78 is 9.93. The van der Waals surface area contributed by atoms with E-state index in [0.29, 0.717) is 18.7 Å². The van der Waals surface area contributed by atoms with Crippen molar-refractivity contribution in [2.24, 2.45) is 5.92 Å². The van der Waals surface area contributed by atoms with Gasteiger partial charge >= 0.3 is 12.0 Å². The van der Waals surface area contributed by atoms with E-state index in [9.17, 15) is 9.59 Å². The molecular weight excluding hydrogens is 284 g/mol. The first-order valence-electron chi connectivity index (χ1n) is 7.22. The molecule has 2 N–H and O–H groups in total. The Kier molecular flexibility index (Phi) is 7.22. The van der Waals surface area contributed by atoms with Crippen LogP contribution in [0.25, 0.3) is 0 Å². The fraction of sp³-hybridized carbons (Fsp3) is 0.500. The summed E-state index contributed by atoms with van der Waals surface area (Å²) >= 11 is 0. The zero-order valence-corrected chi connectivity index (χ0v) is 13.5. The number of esters is 1. The zero-order valence-electron chi connectivity index (χ0n) is 13.5. The molecule has 0 aromatic heterocycles. The van der Waals surface area contributed by atoms with Crippen LogP contribution in [-0.2, 0) is 16.1 Å². The number of carbonyl (C=O) groups excluding carboxylic acids is 2. The molecule has 1 rings (SSSR count). The van der Waals surface area contributed by atoms with Crippen LogP contribution in [0.15, 0.2) is 24.3 Å². The summed E-state index contributed by atoms with van der Waals surface area (Å²) in [7, 11) is 2.89. The molecule has 0 spiro atoms. The summed E-state index contributed by atoms with van der Waals surface area (Å²) in [5.41, 5.74) is 0.860. The highest BCUT2D eigenvalue weighted by Gasteiger charge is 2.22.